The smallest absolute Gasteiger partial charge is 0.258 e. The summed E-state index contributed by atoms with van der Waals surface area (Å²) in [5.74, 6) is 0.0978. The van der Waals surface area contributed by atoms with Gasteiger partial charge in [0.2, 0.25) is 11.8 Å². The summed E-state index contributed by atoms with van der Waals surface area (Å²) in [4.78, 5) is 47.3. The van der Waals surface area contributed by atoms with Crippen LogP contribution in [-0.4, -0.2) is 38.5 Å². The summed E-state index contributed by atoms with van der Waals surface area (Å²) in [5, 5.41) is 2.88. The van der Waals surface area contributed by atoms with Crippen molar-refractivity contribution in [2.75, 3.05) is 11.9 Å². The molecule has 0 unspecified atom stereocenters. The van der Waals surface area contributed by atoms with Gasteiger partial charge in [-0.3, -0.25) is 14.4 Å². The number of anilines is 1. The van der Waals surface area contributed by atoms with Crippen molar-refractivity contribution in [1.82, 2.24) is 14.9 Å². The molecule has 0 radical (unpaired) electrons. The normalized spacial score (nSPS) is 15.6. The number of para-hydroxylation sites is 2. The van der Waals surface area contributed by atoms with E-state index in [1.54, 1.807) is 23.1 Å². The lowest BCUT2D eigenvalue weighted by molar-refractivity contribution is -0.133. The number of hydrogen-bond acceptors (Lipinski definition) is 5. The number of benzene rings is 2. The molecule has 0 aliphatic carbocycles. The van der Waals surface area contributed by atoms with Crippen molar-refractivity contribution < 1.29 is 9.59 Å². The summed E-state index contributed by atoms with van der Waals surface area (Å²) in [7, 11) is 0. The molecule has 2 amide bonds. The number of aromatic nitrogens is 2. The molecule has 2 aromatic carbocycles. The summed E-state index contributed by atoms with van der Waals surface area (Å²) < 4.78 is 0. The van der Waals surface area contributed by atoms with Crippen molar-refractivity contribution in [3.8, 4) is 0 Å². The zero-order valence-corrected chi connectivity index (χ0v) is 16.7. The maximum Gasteiger partial charge on any atom is 0.258 e. The second kappa shape index (κ2) is 8.08. The standard InChI is InChI=1S/C21H20N4O3S/c1-2-25(12-18-22-14-8-4-3-7-13(14)20(27)24-18)19(26)11-17-21(28)23-15-9-5-6-10-16(15)29-17/h3-10,17H,2,11-12H2,1H3,(H,23,28)(H,22,24,27)/t17-/m1/s1. The molecule has 4 rings (SSSR count). The van der Waals surface area contributed by atoms with Gasteiger partial charge >= 0.3 is 0 Å². The summed E-state index contributed by atoms with van der Waals surface area (Å²) in [6.07, 6.45) is 0.0798. The molecule has 2 heterocycles. The van der Waals surface area contributed by atoms with Crippen molar-refractivity contribution in [1.29, 1.82) is 0 Å². The van der Waals surface area contributed by atoms with Gasteiger partial charge in [-0.05, 0) is 31.2 Å². The van der Waals surface area contributed by atoms with Crippen LogP contribution in [0.15, 0.2) is 58.2 Å². The number of nitrogens with one attached hydrogen (secondary N) is 2. The predicted octanol–water partition coefficient (Wildman–Crippen LogP) is 2.77. The van der Waals surface area contributed by atoms with Gasteiger partial charge in [0, 0.05) is 17.9 Å². The van der Waals surface area contributed by atoms with Crippen LogP contribution in [0.3, 0.4) is 0 Å². The molecule has 0 saturated heterocycles. The third kappa shape index (κ3) is 4.02. The minimum Gasteiger partial charge on any atom is -0.335 e. The highest BCUT2D eigenvalue weighted by Crippen LogP contribution is 2.36. The average molecular weight is 408 g/mol. The molecule has 1 aliphatic rings. The first-order valence-electron chi connectivity index (χ1n) is 9.37. The van der Waals surface area contributed by atoms with Gasteiger partial charge in [-0.25, -0.2) is 4.98 Å². The van der Waals surface area contributed by atoms with Gasteiger partial charge in [0.25, 0.3) is 5.56 Å². The first-order chi connectivity index (χ1) is 14.0. The van der Waals surface area contributed by atoms with E-state index >= 15 is 0 Å². The highest BCUT2D eigenvalue weighted by molar-refractivity contribution is 8.01. The number of amides is 2. The number of fused-ring (bicyclic) bond motifs is 2. The van der Waals surface area contributed by atoms with Crippen LogP contribution < -0.4 is 10.9 Å². The van der Waals surface area contributed by atoms with Crippen molar-refractivity contribution >= 4 is 40.2 Å². The van der Waals surface area contributed by atoms with Crippen molar-refractivity contribution in [2.24, 2.45) is 0 Å². The maximum absolute atomic E-state index is 12.9. The Bertz CT molecular complexity index is 1140. The maximum atomic E-state index is 12.9. The van der Waals surface area contributed by atoms with Crippen LogP contribution in [0.25, 0.3) is 10.9 Å². The molecule has 0 fully saturated rings. The zero-order chi connectivity index (χ0) is 20.4. The van der Waals surface area contributed by atoms with Gasteiger partial charge < -0.3 is 15.2 Å². The number of thioether (sulfide) groups is 1. The average Bonchev–Trinajstić information content (AvgIpc) is 2.72. The molecule has 0 saturated carbocycles. The van der Waals surface area contributed by atoms with Crippen molar-refractivity contribution in [3.05, 3.63) is 64.7 Å². The topological polar surface area (TPSA) is 95.2 Å². The molecule has 7 nitrogen and oxygen atoms in total. The van der Waals surface area contributed by atoms with E-state index < -0.39 is 5.25 Å². The van der Waals surface area contributed by atoms with E-state index in [1.165, 1.54) is 11.8 Å². The van der Waals surface area contributed by atoms with E-state index in [2.05, 4.69) is 15.3 Å². The zero-order valence-electron chi connectivity index (χ0n) is 15.8. The van der Waals surface area contributed by atoms with Crippen LogP contribution in [0.4, 0.5) is 5.69 Å². The fourth-order valence-electron chi connectivity index (χ4n) is 3.28. The number of aromatic amines is 1. The Labute approximate surface area is 171 Å². The second-order valence-corrected chi connectivity index (χ2v) is 7.98. The monoisotopic (exact) mass is 408 g/mol. The van der Waals surface area contributed by atoms with E-state index in [-0.39, 0.29) is 30.3 Å². The Balaban J connectivity index is 1.49. The molecular formula is C21H20N4O3S. The Kier molecular flexibility index (Phi) is 5.35. The van der Waals surface area contributed by atoms with E-state index in [9.17, 15) is 14.4 Å². The number of hydrogen-bond donors (Lipinski definition) is 2. The van der Waals surface area contributed by atoms with Crippen LogP contribution in [0.1, 0.15) is 19.2 Å². The van der Waals surface area contributed by atoms with Gasteiger partial charge in [0.05, 0.1) is 28.4 Å². The van der Waals surface area contributed by atoms with Crippen LogP contribution in [0.5, 0.6) is 0 Å². The quantitative estimate of drug-likeness (QED) is 0.677. The number of carbonyl (C=O) groups excluding carboxylic acids is 2. The number of H-pyrrole nitrogens is 1. The Morgan fingerprint density at radius 1 is 1.14 bits per heavy atom. The van der Waals surface area contributed by atoms with Gasteiger partial charge in [-0.15, -0.1) is 11.8 Å². The Hall–Kier alpha value is -3.13. The van der Waals surface area contributed by atoms with E-state index in [1.807, 2.05) is 37.3 Å². The summed E-state index contributed by atoms with van der Waals surface area (Å²) >= 11 is 1.40. The van der Waals surface area contributed by atoms with Crippen molar-refractivity contribution in [3.63, 3.8) is 0 Å². The molecule has 1 atom stereocenters. The molecular weight excluding hydrogens is 388 g/mol. The van der Waals surface area contributed by atoms with E-state index in [0.29, 0.717) is 23.3 Å². The highest BCUT2D eigenvalue weighted by atomic mass is 32.2. The third-order valence-corrected chi connectivity index (χ3v) is 6.08. The lowest BCUT2D eigenvalue weighted by atomic mass is 10.2. The fourth-order valence-corrected chi connectivity index (χ4v) is 4.38. The molecule has 0 bridgehead atoms. The second-order valence-electron chi connectivity index (χ2n) is 6.73. The summed E-state index contributed by atoms with van der Waals surface area (Å²) in [5.41, 5.74) is 1.14. The SMILES string of the molecule is CCN(Cc1nc2ccccc2c(=O)[nH]1)C(=O)C[C@H]1Sc2ccccc2NC1=O. The van der Waals surface area contributed by atoms with Crippen LogP contribution in [-0.2, 0) is 16.1 Å². The molecule has 8 heteroatoms. The predicted molar refractivity (Wildman–Crippen MR) is 113 cm³/mol. The molecule has 1 aliphatic heterocycles. The van der Waals surface area contributed by atoms with E-state index in [0.717, 1.165) is 10.6 Å². The van der Waals surface area contributed by atoms with Crippen molar-refractivity contribution in [2.45, 2.75) is 30.0 Å². The molecule has 0 spiro atoms. The minimum atomic E-state index is -0.491. The van der Waals surface area contributed by atoms with E-state index in [4.69, 9.17) is 0 Å². The van der Waals surface area contributed by atoms with Crippen LogP contribution in [0, 0.1) is 0 Å². The summed E-state index contributed by atoms with van der Waals surface area (Å²) in [6, 6.07) is 14.6. The highest BCUT2D eigenvalue weighted by Gasteiger charge is 2.30. The van der Waals surface area contributed by atoms with Gasteiger partial charge in [-0.2, -0.15) is 0 Å². The molecule has 1 aromatic heterocycles. The minimum absolute atomic E-state index is 0.0798. The van der Waals surface area contributed by atoms with Gasteiger partial charge in [0.15, 0.2) is 0 Å². The lowest BCUT2D eigenvalue weighted by Gasteiger charge is -2.26. The molecule has 3 aromatic rings. The lowest BCUT2D eigenvalue weighted by Crippen LogP contribution is -2.37. The Morgan fingerprint density at radius 3 is 2.72 bits per heavy atom. The Morgan fingerprint density at radius 2 is 1.90 bits per heavy atom. The largest absolute Gasteiger partial charge is 0.335 e. The van der Waals surface area contributed by atoms with Gasteiger partial charge in [0.1, 0.15) is 5.82 Å². The molecule has 29 heavy (non-hydrogen) atoms. The molecule has 148 valence electrons. The number of rotatable bonds is 5. The first kappa shape index (κ1) is 19.2. The first-order valence-corrected chi connectivity index (χ1v) is 10.3. The van der Waals surface area contributed by atoms with Gasteiger partial charge in [-0.1, -0.05) is 24.3 Å². The summed E-state index contributed by atoms with van der Waals surface area (Å²) in [6.45, 7) is 2.50. The van der Waals surface area contributed by atoms with Crippen LogP contribution >= 0.6 is 11.8 Å². The van der Waals surface area contributed by atoms with Crippen LogP contribution in [0.2, 0.25) is 0 Å². The molecule has 2 N–H and O–H groups in total. The number of nitrogens with zero attached hydrogens (tertiary/aromatic N) is 2. The third-order valence-electron chi connectivity index (χ3n) is 4.80. The fraction of sp³-hybridized carbons (Fsp3) is 0.238. The number of carbonyl (C=O) groups is 2.